The van der Waals surface area contributed by atoms with Gasteiger partial charge in [-0.15, -0.1) is 0 Å². The number of esters is 1. The third-order valence-electron chi connectivity index (χ3n) is 2.67. The van der Waals surface area contributed by atoms with Crippen LogP contribution in [0.3, 0.4) is 0 Å². The molecule has 0 heterocycles. The van der Waals surface area contributed by atoms with Gasteiger partial charge in [-0.05, 0) is 24.7 Å². The second kappa shape index (κ2) is 8.47. The average Bonchev–Trinajstić information content (AvgIpc) is 2.53. The van der Waals surface area contributed by atoms with Crippen molar-refractivity contribution in [1.29, 1.82) is 0 Å². The highest BCUT2D eigenvalue weighted by molar-refractivity contribution is 7.89. The molecule has 0 fully saturated rings. The van der Waals surface area contributed by atoms with Gasteiger partial charge in [0.1, 0.15) is 13.2 Å². The van der Waals surface area contributed by atoms with Crippen LogP contribution in [-0.4, -0.2) is 47.7 Å². The summed E-state index contributed by atoms with van der Waals surface area (Å²) in [4.78, 5) is 22.4. The molecule has 122 valence electrons. The normalized spacial score (nSPS) is 11.0. The van der Waals surface area contributed by atoms with Crippen LogP contribution < -0.4 is 10.0 Å². The van der Waals surface area contributed by atoms with Crippen molar-refractivity contribution in [1.82, 2.24) is 10.0 Å². The molecular weight excluding hydrogens is 312 g/mol. The molecule has 9 heteroatoms. The number of hydrogen-bond acceptors (Lipinski definition) is 6. The van der Waals surface area contributed by atoms with Crippen molar-refractivity contribution >= 4 is 21.9 Å². The van der Waals surface area contributed by atoms with Crippen LogP contribution in [0.5, 0.6) is 0 Å². The number of carbonyl (C=O) groups is 2. The van der Waals surface area contributed by atoms with Gasteiger partial charge in [-0.25, -0.2) is 17.9 Å². The Labute approximate surface area is 128 Å². The molecule has 22 heavy (non-hydrogen) atoms. The largest absolute Gasteiger partial charge is 0.467 e. The molecule has 2 N–H and O–H groups in total. The predicted molar refractivity (Wildman–Crippen MR) is 77.4 cm³/mol. The summed E-state index contributed by atoms with van der Waals surface area (Å²) in [7, 11) is -0.913. The van der Waals surface area contributed by atoms with E-state index < -0.39 is 21.9 Å². The predicted octanol–water partition coefficient (Wildman–Crippen LogP) is -0.599. The molecular formula is C13H18N2O6S. The molecule has 0 unspecified atom stereocenters. The van der Waals surface area contributed by atoms with Crippen molar-refractivity contribution in [2.45, 2.75) is 11.4 Å². The lowest BCUT2D eigenvalue weighted by Gasteiger charge is -2.07. The first kappa shape index (κ1) is 18.1. The van der Waals surface area contributed by atoms with Gasteiger partial charge in [-0.3, -0.25) is 4.79 Å². The minimum absolute atomic E-state index is 0.145. The highest BCUT2D eigenvalue weighted by Crippen LogP contribution is 2.09. The number of nitrogens with one attached hydrogen (secondary N) is 2. The molecule has 0 aromatic heterocycles. The van der Waals surface area contributed by atoms with Crippen molar-refractivity contribution in [2.24, 2.45) is 0 Å². The van der Waals surface area contributed by atoms with Crippen molar-refractivity contribution < 1.29 is 27.5 Å². The topological polar surface area (TPSA) is 111 Å². The van der Waals surface area contributed by atoms with Crippen molar-refractivity contribution in [3.63, 3.8) is 0 Å². The van der Waals surface area contributed by atoms with Gasteiger partial charge in [0.2, 0.25) is 15.9 Å². The number of benzene rings is 1. The Morgan fingerprint density at radius 2 is 1.77 bits per heavy atom. The SMILES string of the molecule is CNS(=O)(=O)c1ccc(CNC(=O)COCC(=O)OC)cc1. The molecule has 0 radical (unpaired) electrons. The van der Waals surface area contributed by atoms with Crippen LogP contribution in [0.1, 0.15) is 5.56 Å². The summed E-state index contributed by atoms with van der Waals surface area (Å²) < 4.78 is 34.5. The number of methoxy groups -OCH3 is 1. The van der Waals surface area contributed by atoms with Crippen LogP contribution in [0.4, 0.5) is 0 Å². The smallest absolute Gasteiger partial charge is 0.331 e. The monoisotopic (exact) mass is 330 g/mol. The first-order valence-electron chi connectivity index (χ1n) is 6.33. The van der Waals surface area contributed by atoms with Gasteiger partial charge in [0.15, 0.2) is 0 Å². The van der Waals surface area contributed by atoms with Crippen molar-refractivity contribution in [3.05, 3.63) is 29.8 Å². The van der Waals surface area contributed by atoms with E-state index in [1.54, 1.807) is 12.1 Å². The Morgan fingerprint density at radius 1 is 1.14 bits per heavy atom. The number of amides is 1. The lowest BCUT2D eigenvalue weighted by molar-refractivity contribution is -0.147. The van der Waals surface area contributed by atoms with Gasteiger partial charge in [0.25, 0.3) is 0 Å². The molecule has 0 aliphatic heterocycles. The Bertz CT molecular complexity index is 612. The summed E-state index contributed by atoms with van der Waals surface area (Å²) in [5.41, 5.74) is 0.733. The van der Waals surface area contributed by atoms with Crippen LogP contribution >= 0.6 is 0 Å². The minimum atomic E-state index is -3.47. The molecule has 0 bridgehead atoms. The van der Waals surface area contributed by atoms with Gasteiger partial charge in [0, 0.05) is 6.54 Å². The van der Waals surface area contributed by atoms with E-state index in [2.05, 4.69) is 14.8 Å². The molecule has 0 spiro atoms. The lowest BCUT2D eigenvalue weighted by atomic mass is 10.2. The van der Waals surface area contributed by atoms with Gasteiger partial charge in [-0.2, -0.15) is 0 Å². The Hall–Kier alpha value is -1.97. The molecule has 1 aromatic rings. The Morgan fingerprint density at radius 3 is 2.32 bits per heavy atom. The summed E-state index contributed by atoms with van der Waals surface area (Å²) >= 11 is 0. The molecule has 0 saturated heterocycles. The standard InChI is InChI=1S/C13H18N2O6S/c1-14-22(18,19)11-5-3-10(4-6-11)7-15-12(16)8-21-9-13(17)20-2/h3-6,14H,7-9H2,1-2H3,(H,15,16). The Balaban J connectivity index is 2.42. The fraction of sp³-hybridized carbons (Fsp3) is 0.385. The van der Waals surface area contributed by atoms with Gasteiger partial charge >= 0.3 is 5.97 Å². The van der Waals surface area contributed by atoms with E-state index in [1.165, 1.54) is 26.3 Å². The minimum Gasteiger partial charge on any atom is -0.467 e. The number of hydrogen-bond donors (Lipinski definition) is 2. The third-order valence-corrected chi connectivity index (χ3v) is 4.10. The van der Waals surface area contributed by atoms with Gasteiger partial charge in [-0.1, -0.05) is 12.1 Å². The van der Waals surface area contributed by atoms with Gasteiger partial charge < -0.3 is 14.8 Å². The molecule has 0 aliphatic rings. The molecule has 0 saturated carbocycles. The van der Waals surface area contributed by atoms with Crippen molar-refractivity contribution in [2.75, 3.05) is 27.4 Å². The first-order chi connectivity index (χ1) is 10.4. The van der Waals surface area contributed by atoms with E-state index in [0.29, 0.717) is 0 Å². The Kier molecular flexibility index (Phi) is 6.96. The molecule has 1 amide bonds. The zero-order chi connectivity index (χ0) is 16.6. The van der Waals surface area contributed by atoms with Crippen LogP contribution in [0, 0.1) is 0 Å². The highest BCUT2D eigenvalue weighted by atomic mass is 32.2. The van der Waals surface area contributed by atoms with Gasteiger partial charge in [0.05, 0.1) is 12.0 Å². The average molecular weight is 330 g/mol. The number of ether oxygens (including phenoxy) is 2. The maximum atomic E-state index is 11.5. The van der Waals surface area contributed by atoms with E-state index in [1.807, 2.05) is 0 Å². The fourth-order valence-electron chi connectivity index (χ4n) is 1.44. The van der Waals surface area contributed by atoms with Crippen LogP contribution in [-0.2, 0) is 35.6 Å². The van der Waals surface area contributed by atoms with Crippen LogP contribution in [0.25, 0.3) is 0 Å². The van der Waals surface area contributed by atoms with E-state index in [4.69, 9.17) is 4.74 Å². The first-order valence-corrected chi connectivity index (χ1v) is 7.81. The molecule has 0 atom stereocenters. The highest BCUT2D eigenvalue weighted by Gasteiger charge is 2.10. The van der Waals surface area contributed by atoms with E-state index in [0.717, 1.165) is 5.56 Å². The van der Waals surface area contributed by atoms with E-state index in [-0.39, 0.29) is 24.7 Å². The fourth-order valence-corrected chi connectivity index (χ4v) is 2.17. The number of rotatable bonds is 8. The third kappa shape index (κ3) is 5.80. The maximum Gasteiger partial charge on any atom is 0.331 e. The summed E-state index contributed by atoms with van der Waals surface area (Å²) in [6.45, 7) is -0.331. The summed E-state index contributed by atoms with van der Waals surface area (Å²) in [6, 6.07) is 6.09. The van der Waals surface area contributed by atoms with E-state index >= 15 is 0 Å². The zero-order valence-electron chi connectivity index (χ0n) is 12.3. The van der Waals surface area contributed by atoms with Crippen LogP contribution in [0.2, 0.25) is 0 Å². The zero-order valence-corrected chi connectivity index (χ0v) is 13.1. The molecule has 1 rings (SSSR count). The summed E-state index contributed by atoms with van der Waals surface area (Å²) in [5, 5.41) is 2.58. The second-order valence-corrected chi connectivity index (χ2v) is 6.08. The van der Waals surface area contributed by atoms with E-state index in [9.17, 15) is 18.0 Å². The second-order valence-electron chi connectivity index (χ2n) is 4.20. The lowest BCUT2D eigenvalue weighted by Crippen LogP contribution is -2.28. The molecule has 8 nitrogen and oxygen atoms in total. The van der Waals surface area contributed by atoms with Crippen molar-refractivity contribution in [3.8, 4) is 0 Å². The molecule has 1 aromatic carbocycles. The maximum absolute atomic E-state index is 11.5. The number of carbonyl (C=O) groups excluding carboxylic acids is 2. The summed E-state index contributed by atoms with van der Waals surface area (Å²) in [5.74, 6) is -0.954. The van der Waals surface area contributed by atoms with Crippen LogP contribution in [0.15, 0.2) is 29.2 Å². The summed E-state index contributed by atoms with van der Waals surface area (Å²) in [6.07, 6.45) is 0. The quantitative estimate of drug-likeness (QED) is 0.616. The number of sulfonamides is 1. The molecule has 0 aliphatic carbocycles.